The summed E-state index contributed by atoms with van der Waals surface area (Å²) >= 11 is 0. The van der Waals surface area contributed by atoms with Gasteiger partial charge in [0.05, 0.1) is 0 Å². The average molecular weight is 139 g/mol. The maximum Gasteiger partial charge on any atom is 0.188 e. The quantitative estimate of drug-likeness (QED) is 0.383. The lowest BCUT2D eigenvalue weighted by Crippen LogP contribution is -2.38. The maximum atomic E-state index is 7.41. The van der Waals surface area contributed by atoms with E-state index in [4.69, 9.17) is 5.41 Å². The second-order valence-corrected chi connectivity index (χ2v) is 3.21. The van der Waals surface area contributed by atoms with Gasteiger partial charge >= 0.3 is 0 Å². The third-order valence-electron chi connectivity index (χ3n) is 1.85. The molecule has 0 heterocycles. The van der Waals surface area contributed by atoms with Gasteiger partial charge in [-0.15, -0.1) is 0 Å². The van der Waals surface area contributed by atoms with Gasteiger partial charge in [-0.2, -0.15) is 0 Å². The molecule has 0 aromatic carbocycles. The fourth-order valence-electron chi connectivity index (χ4n) is 0.905. The molecule has 0 aliphatic heterocycles. The highest BCUT2D eigenvalue weighted by atomic mass is 15.2. The predicted octanol–water partition coefficient (Wildman–Crippen LogP) is 0.425. The molecule has 10 heavy (non-hydrogen) atoms. The summed E-state index contributed by atoms with van der Waals surface area (Å²) in [6.45, 7) is 0. The fourth-order valence-corrected chi connectivity index (χ4v) is 0.905. The largest absolute Gasteiger partial charge is 0.354 e. The number of hydrogen-bond acceptors (Lipinski definition) is 1. The molecule has 2 aliphatic rings. The van der Waals surface area contributed by atoms with Gasteiger partial charge in [-0.3, -0.25) is 5.41 Å². The van der Waals surface area contributed by atoms with E-state index in [2.05, 4.69) is 10.6 Å². The van der Waals surface area contributed by atoms with Gasteiger partial charge in [0, 0.05) is 12.1 Å². The molecule has 0 bridgehead atoms. The number of hydrogen-bond donors (Lipinski definition) is 3. The highest BCUT2D eigenvalue weighted by molar-refractivity contribution is 5.77. The van der Waals surface area contributed by atoms with Crippen molar-refractivity contribution >= 4 is 5.96 Å². The van der Waals surface area contributed by atoms with Crippen molar-refractivity contribution in [3.05, 3.63) is 0 Å². The van der Waals surface area contributed by atoms with Crippen LogP contribution in [0.25, 0.3) is 0 Å². The minimum absolute atomic E-state index is 0.532. The first kappa shape index (κ1) is 6.01. The third kappa shape index (κ3) is 1.62. The first-order chi connectivity index (χ1) is 4.84. The molecule has 0 spiro atoms. The number of nitrogens with one attached hydrogen (secondary N) is 3. The van der Waals surface area contributed by atoms with Crippen molar-refractivity contribution in [2.45, 2.75) is 37.8 Å². The van der Waals surface area contributed by atoms with Crippen molar-refractivity contribution in [3.63, 3.8) is 0 Å². The maximum absolute atomic E-state index is 7.41. The molecule has 0 radical (unpaired) electrons. The summed E-state index contributed by atoms with van der Waals surface area (Å²) in [5.74, 6) is 0.532. The summed E-state index contributed by atoms with van der Waals surface area (Å²) in [5.41, 5.74) is 0. The van der Waals surface area contributed by atoms with Crippen molar-refractivity contribution in [3.8, 4) is 0 Å². The smallest absolute Gasteiger partial charge is 0.188 e. The Morgan fingerprint density at radius 1 is 1.00 bits per heavy atom. The zero-order chi connectivity index (χ0) is 6.97. The summed E-state index contributed by atoms with van der Waals surface area (Å²) in [6.07, 6.45) is 4.98. The summed E-state index contributed by atoms with van der Waals surface area (Å²) < 4.78 is 0. The van der Waals surface area contributed by atoms with Gasteiger partial charge in [-0.05, 0) is 25.7 Å². The predicted molar refractivity (Wildman–Crippen MR) is 40.0 cm³/mol. The highest BCUT2D eigenvalue weighted by Crippen LogP contribution is 2.20. The number of rotatable bonds is 2. The van der Waals surface area contributed by atoms with Crippen LogP contribution >= 0.6 is 0 Å². The van der Waals surface area contributed by atoms with Crippen molar-refractivity contribution in [1.82, 2.24) is 10.6 Å². The van der Waals surface area contributed by atoms with Crippen LogP contribution < -0.4 is 10.6 Å². The summed E-state index contributed by atoms with van der Waals surface area (Å²) in [5, 5.41) is 13.6. The average Bonchev–Trinajstić information content (AvgIpc) is 2.59. The van der Waals surface area contributed by atoms with Crippen molar-refractivity contribution in [2.75, 3.05) is 0 Å². The fraction of sp³-hybridized carbons (Fsp3) is 0.857. The van der Waals surface area contributed by atoms with Gasteiger partial charge in [0.15, 0.2) is 5.96 Å². The first-order valence-corrected chi connectivity index (χ1v) is 3.96. The van der Waals surface area contributed by atoms with Crippen molar-refractivity contribution in [1.29, 1.82) is 5.41 Å². The molecule has 0 atom stereocenters. The molecule has 3 heteroatoms. The van der Waals surface area contributed by atoms with E-state index < -0.39 is 0 Å². The lowest BCUT2D eigenvalue weighted by molar-refractivity contribution is 0.797. The van der Waals surface area contributed by atoms with Gasteiger partial charge in [-0.25, -0.2) is 0 Å². The second kappa shape index (κ2) is 2.15. The molecule has 0 unspecified atom stereocenters. The molecule has 2 rings (SSSR count). The van der Waals surface area contributed by atoms with Crippen LogP contribution in [0.15, 0.2) is 0 Å². The zero-order valence-electron chi connectivity index (χ0n) is 5.98. The van der Waals surface area contributed by atoms with Gasteiger partial charge in [0.1, 0.15) is 0 Å². The SMILES string of the molecule is N=C(NC1CC1)NC1CC1. The Morgan fingerprint density at radius 2 is 1.40 bits per heavy atom. The van der Waals surface area contributed by atoms with E-state index in [-0.39, 0.29) is 0 Å². The van der Waals surface area contributed by atoms with Crippen LogP contribution in [0.4, 0.5) is 0 Å². The van der Waals surface area contributed by atoms with Gasteiger partial charge in [0.2, 0.25) is 0 Å². The van der Waals surface area contributed by atoms with Crippen LogP contribution in [0, 0.1) is 5.41 Å². The minimum atomic E-state index is 0.532. The lowest BCUT2D eigenvalue weighted by atomic mass is 10.6. The molecule has 3 nitrogen and oxygen atoms in total. The van der Waals surface area contributed by atoms with Crippen LogP contribution in [0.3, 0.4) is 0 Å². The molecule has 0 saturated heterocycles. The molecule has 2 fully saturated rings. The van der Waals surface area contributed by atoms with Crippen LogP contribution in [0.5, 0.6) is 0 Å². The Bertz CT molecular complexity index is 131. The first-order valence-electron chi connectivity index (χ1n) is 3.96. The molecule has 0 aromatic rings. The Hall–Kier alpha value is -0.730. The monoisotopic (exact) mass is 139 g/mol. The van der Waals surface area contributed by atoms with Crippen LogP contribution in [-0.4, -0.2) is 18.0 Å². The van der Waals surface area contributed by atoms with E-state index in [1.807, 2.05) is 0 Å². The molecule has 0 amide bonds. The summed E-state index contributed by atoms with van der Waals surface area (Å²) in [4.78, 5) is 0. The summed E-state index contributed by atoms with van der Waals surface area (Å²) in [7, 11) is 0. The molecule has 2 saturated carbocycles. The van der Waals surface area contributed by atoms with Crippen LogP contribution in [0.2, 0.25) is 0 Å². The Balaban J connectivity index is 1.64. The molecule has 3 N–H and O–H groups in total. The topological polar surface area (TPSA) is 47.9 Å². The molecule has 2 aliphatic carbocycles. The molecule has 56 valence electrons. The van der Waals surface area contributed by atoms with Gasteiger partial charge in [0.25, 0.3) is 0 Å². The van der Waals surface area contributed by atoms with Gasteiger partial charge < -0.3 is 10.6 Å². The van der Waals surface area contributed by atoms with E-state index in [0.29, 0.717) is 18.0 Å². The van der Waals surface area contributed by atoms with E-state index in [0.717, 1.165) is 0 Å². The molecular weight excluding hydrogens is 126 g/mol. The highest BCUT2D eigenvalue weighted by Gasteiger charge is 2.25. The van der Waals surface area contributed by atoms with E-state index >= 15 is 0 Å². The third-order valence-corrected chi connectivity index (χ3v) is 1.85. The Kier molecular flexibility index (Phi) is 1.29. The lowest BCUT2D eigenvalue weighted by Gasteiger charge is -2.06. The van der Waals surface area contributed by atoms with Crippen molar-refractivity contribution < 1.29 is 0 Å². The number of guanidine groups is 1. The van der Waals surface area contributed by atoms with Crippen molar-refractivity contribution in [2.24, 2.45) is 0 Å². The second-order valence-electron chi connectivity index (χ2n) is 3.21. The summed E-state index contributed by atoms with van der Waals surface area (Å²) in [6, 6.07) is 1.22. The van der Waals surface area contributed by atoms with Gasteiger partial charge in [-0.1, -0.05) is 0 Å². The van der Waals surface area contributed by atoms with E-state index in [9.17, 15) is 0 Å². The van der Waals surface area contributed by atoms with E-state index in [1.54, 1.807) is 0 Å². The zero-order valence-corrected chi connectivity index (χ0v) is 5.98. The van der Waals surface area contributed by atoms with E-state index in [1.165, 1.54) is 25.7 Å². The van der Waals surface area contributed by atoms with Crippen LogP contribution in [-0.2, 0) is 0 Å². The Labute approximate surface area is 60.7 Å². The Morgan fingerprint density at radius 3 is 1.70 bits per heavy atom. The molecular formula is C7H13N3. The normalized spacial score (nSPS) is 24.0. The minimum Gasteiger partial charge on any atom is -0.354 e. The molecule has 0 aromatic heterocycles. The standard InChI is InChI=1S/C7H13N3/c8-7(9-5-1-2-5)10-6-3-4-6/h5-6H,1-4H2,(H3,8,9,10). The van der Waals surface area contributed by atoms with Crippen LogP contribution in [0.1, 0.15) is 25.7 Å².